The molecule has 0 fully saturated rings. The first-order valence-electron chi connectivity index (χ1n) is 5.36. The van der Waals surface area contributed by atoms with Crippen molar-refractivity contribution in [3.8, 4) is 0 Å². The number of hydrogen-bond donors (Lipinski definition) is 3. The van der Waals surface area contributed by atoms with Gasteiger partial charge in [0.15, 0.2) is 0 Å². The fraction of sp³-hybridized carbons (Fsp3) is 0.364. The van der Waals surface area contributed by atoms with E-state index in [1.54, 1.807) is 11.0 Å². The summed E-state index contributed by atoms with van der Waals surface area (Å²) in [6, 6.07) is 4.29. The quantitative estimate of drug-likeness (QED) is 0.710. The minimum atomic E-state index is -0.330. The second kappa shape index (κ2) is 5.11. The van der Waals surface area contributed by atoms with Gasteiger partial charge in [0.1, 0.15) is 5.82 Å². The van der Waals surface area contributed by atoms with E-state index in [0.717, 1.165) is 0 Å². The van der Waals surface area contributed by atoms with Gasteiger partial charge >= 0.3 is 0 Å². The van der Waals surface area contributed by atoms with Gasteiger partial charge in [-0.3, -0.25) is 0 Å². The lowest BCUT2D eigenvalue weighted by Gasteiger charge is -2.19. The molecule has 1 aromatic heterocycles. The van der Waals surface area contributed by atoms with E-state index < -0.39 is 0 Å². The average molecular weight is 239 g/mol. The molecule has 1 aromatic carbocycles. The van der Waals surface area contributed by atoms with Crippen molar-refractivity contribution in [3.05, 3.63) is 24.0 Å². The smallest absolute Gasteiger partial charge is 0.203 e. The average Bonchev–Trinajstić information content (AvgIpc) is 2.71. The number of rotatable bonds is 5. The number of aliphatic hydroxyl groups is 2. The van der Waals surface area contributed by atoms with Crippen molar-refractivity contribution in [2.45, 2.75) is 0 Å². The summed E-state index contributed by atoms with van der Waals surface area (Å²) in [5.74, 6) is 0.192. The molecule has 0 spiro atoms. The van der Waals surface area contributed by atoms with Crippen LogP contribution >= 0.6 is 0 Å². The number of aromatic nitrogens is 2. The number of H-pyrrole nitrogens is 1. The van der Waals surface area contributed by atoms with Gasteiger partial charge in [-0.25, -0.2) is 9.37 Å². The van der Waals surface area contributed by atoms with Crippen molar-refractivity contribution in [2.75, 3.05) is 31.2 Å². The number of aromatic amines is 1. The molecule has 1 heterocycles. The number of benzene rings is 1. The van der Waals surface area contributed by atoms with Crippen molar-refractivity contribution < 1.29 is 14.6 Å². The molecule has 5 nitrogen and oxygen atoms in total. The second-order valence-electron chi connectivity index (χ2n) is 3.66. The largest absolute Gasteiger partial charge is 0.395 e. The van der Waals surface area contributed by atoms with Crippen molar-refractivity contribution in [3.63, 3.8) is 0 Å². The molecule has 3 N–H and O–H groups in total. The molecule has 0 saturated heterocycles. The predicted octanol–water partition coefficient (Wildman–Crippen LogP) is 0.493. The minimum Gasteiger partial charge on any atom is -0.395 e. The highest BCUT2D eigenvalue weighted by molar-refractivity contribution is 5.77. The van der Waals surface area contributed by atoms with Crippen LogP contribution in [0.15, 0.2) is 18.2 Å². The van der Waals surface area contributed by atoms with Crippen molar-refractivity contribution in [1.29, 1.82) is 0 Å². The lowest BCUT2D eigenvalue weighted by molar-refractivity contribution is 0.280. The number of aliphatic hydroxyl groups excluding tert-OH is 2. The van der Waals surface area contributed by atoms with Crippen LogP contribution in [0, 0.1) is 5.82 Å². The van der Waals surface area contributed by atoms with E-state index in [4.69, 9.17) is 10.2 Å². The summed E-state index contributed by atoms with van der Waals surface area (Å²) < 4.78 is 13.0. The third-order valence-corrected chi connectivity index (χ3v) is 2.47. The molecule has 0 aliphatic heterocycles. The number of hydrogen-bond acceptors (Lipinski definition) is 4. The van der Waals surface area contributed by atoms with Crippen LogP contribution < -0.4 is 4.90 Å². The van der Waals surface area contributed by atoms with Crippen LogP contribution in [0.4, 0.5) is 10.3 Å². The Morgan fingerprint density at radius 2 is 1.94 bits per heavy atom. The summed E-state index contributed by atoms with van der Waals surface area (Å²) >= 11 is 0. The first kappa shape index (κ1) is 11.8. The molecule has 2 aromatic rings. The highest BCUT2D eigenvalue weighted by atomic mass is 19.1. The first-order valence-corrected chi connectivity index (χ1v) is 5.36. The predicted molar refractivity (Wildman–Crippen MR) is 62.4 cm³/mol. The van der Waals surface area contributed by atoms with E-state index >= 15 is 0 Å². The third-order valence-electron chi connectivity index (χ3n) is 2.47. The van der Waals surface area contributed by atoms with E-state index in [0.29, 0.717) is 30.1 Å². The molecule has 0 aliphatic rings. The number of anilines is 1. The molecule has 0 aliphatic carbocycles. The number of imidazole rings is 1. The Morgan fingerprint density at radius 1 is 1.24 bits per heavy atom. The zero-order valence-electron chi connectivity index (χ0n) is 9.23. The Bertz CT molecular complexity index is 494. The van der Waals surface area contributed by atoms with Crippen molar-refractivity contribution in [1.82, 2.24) is 9.97 Å². The molecule has 6 heteroatoms. The van der Waals surface area contributed by atoms with Gasteiger partial charge in [-0.1, -0.05) is 0 Å². The Hall–Kier alpha value is -1.66. The Labute approximate surface area is 97.5 Å². The van der Waals surface area contributed by atoms with Gasteiger partial charge in [0.25, 0.3) is 0 Å². The highest BCUT2D eigenvalue weighted by Crippen LogP contribution is 2.17. The standard InChI is InChI=1S/C11H14FN3O2/c12-8-1-2-9-10(7-8)14-11(13-9)15(3-5-16)4-6-17/h1-2,7,16-17H,3-6H2,(H,13,14). The lowest BCUT2D eigenvalue weighted by Crippen LogP contribution is -2.30. The Kier molecular flexibility index (Phi) is 3.55. The van der Waals surface area contributed by atoms with Crippen LogP contribution in [0.25, 0.3) is 11.0 Å². The number of halogens is 1. The van der Waals surface area contributed by atoms with Crippen LogP contribution in [-0.2, 0) is 0 Å². The molecular weight excluding hydrogens is 225 g/mol. The monoisotopic (exact) mass is 239 g/mol. The normalized spacial score (nSPS) is 11.0. The van der Waals surface area contributed by atoms with Gasteiger partial charge in [-0.05, 0) is 18.2 Å². The molecular formula is C11H14FN3O2. The summed E-state index contributed by atoms with van der Waals surface area (Å²) in [7, 11) is 0. The molecule has 0 amide bonds. The van der Waals surface area contributed by atoms with E-state index in [1.165, 1.54) is 12.1 Å². The maximum atomic E-state index is 13.0. The number of nitrogens with one attached hydrogen (secondary N) is 1. The highest BCUT2D eigenvalue weighted by Gasteiger charge is 2.10. The summed E-state index contributed by atoms with van der Waals surface area (Å²) in [5.41, 5.74) is 1.25. The molecule has 0 saturated carbocycles. The zero-order chi connectivity index (χ0) is 12.3. The third kappa shape index (κ3) is 2.54. The van der Waals surface area contributed by atoms with Crippen LogP contribution in [0.5, 0.6) is 0 Å². The maximum Gasteiger partial charge on any atom is 0.203 e. The van der Waals surface area contributed by atoms with Gasteiger partial charge in [0.05, 0.1) is 24.2 Å². The zero-order valence-corrected chi connectivity index (χ0v) is 9.23. The van der Waals surface area contributed by atoms with Gasteiger partial charge < -0.3 is 20.1 Å². The summed E-state index contributed by atoms with van der Waals surface area (Å²) in [4.78, 5) is 8.94. The van der Waals surface area contributed by atoms with Crippen LogP contribution in [0.3, 0.4) is 0 Å². The van der Waals surface area contributed by atoms with Crippen LogP contribution in [0.2, 0.25) is 0 Å². The van der Waals surface area contributed by atoms with Gasteiger partial charge in [-0.15, -0.1) is 0 Å². The molecule has 0 unspecified atom stereocenters. The first-order chi connectivity index (χ1) is 8.24. The van der Waals surface area contributed by atoms with Crippen LogP contribution in [0.1, 0.15) is 0 Å². The summed E-state index contributed by atoms with van der Waals surface area (Å²) in [5, 5.41) is 17.8. The molecule has 17 heavy (non-hydrogen) atoms. The second-order valence-corrected chi connectivity index (χ2v) is 3.66. The minimum absolute atomic E-state index is 0.0363. The van der Waals surface area contributed by atoms with E-state index in [2.05, 4.69) is 9.97 Å². The fourth-order valence-corrected chi connectivity index (χ4v) is 1.68. The topological polar surface area (TPSA) is 72.4 Å². The lowest BCUT2D eigenvalue weighted by atomic mass is 10.3. The number of fused-ring (bicyclic) bond motifs is 1. The van der Waals surface area contributed by atoms with Crippen molar-refractivity contribution >= 4 is 17.0 Å². The molecule has 0 atom stereocenters. The van der Waals surface area contributed by atoms with E-state index in [-0.39, 0.29) is 19.0 Å². The van der Waals surface area contributed by atoms with Crippen LogP contribution in [-0.4, -0.2) is 46.5 Å². The molecule has 0 bridgehead atoms. The van der Waals surface area contributed by atoms with Crippen molar-refractivity contribution in [2.24, 2.45) is 0 Å². The SMILES string of the molecule is OCCN(CCO)c1nc2ccc(F)cc2[nH]1. The Morgan fingerprint density at radius 3 is 2.59 bits per heavy atom. The summed E-state index contributed by atoms with van der Waals surface area (Å²) in [6.07, 6.45) is 0. The number of nitrogens with zero attached hydrogens (tertiary/aromatic N) is 2. The maximum absolute atomic E-state index is 13.0. The van der Waals surface area contributed by atoms with E-state index in [1.807, 2.05) is 0 Å². The molecule has 0 radical (unpaired) electrons. The molecule has 92 valence electrons. The van der Waals surface area contributed by atoms with E-state index in [9.17, 15) is 4.39 Å². The van der Waals surface area contributed by atoms with Gasteiger partial charge in [0, 0.05) is 13.1 Å². The summed E-state index contributed by atoms with van der Waals surface area (Å²) in [6.45, 7) is 0.655. The fourth-order valence-electron chi connectivity index (χ4n) is 1.68. The van der Waals surface area contributed by atoms with Gasteiger partial charge in [0.2, 0.25) is 5.95 Å². The molecule has 2 rings (SSSR count). The van der Waals surface area contributed by atoms with Gasteiger partial charge in [-0.2, -0.15) is 0 Å². The Balaban J connectivity index is 2.33.